The van der Waals surface area contributed by atoms with E-state index in [1.54, 1.807) is 39.8 Å². The summed E-state index contributed by atoms with van der Waals surface area (Å²) in [6.07, 6.45) is 1.89. The average Bonchev–Trinajstić information content (AvgIpc) is 4.02. The van der Waals surface area contributed by atoms with E-state index >= 15 is 0 Å². The van der Waals surface area contributed by atoms with E-state index in [9.17, 15) is 19.2 Å². The molecule has 10 N–H and O–H groups in total. The molecule has 15 heteroatoms. The van der Waals surface area contributed by atoms with Crippen LogP contribution in [-0.2, 0) is 14.3 Å². The Morgan fingerprint density at radius 2 is 1.20 bits per heavy atom. The number of carbonyl (C=O) groups excluding carboxylic acids is 4. The number of fused-ring (bicyclic) bond motifs is 2. The minimum atomic E-state index is -1.09. The second-order valence-electron chi connectivity index (χ2n) is 15.3. The van der Waals surface area contributed by atoms with Gasteiger partial charge in [0.1, 0.15) is 12.1 Å². The number of hydrogen-bond acceptors (Lipinski definition) is 12. The van der Waals surface area contributed by atoms with Crippen molar-refractivity contribution in [3.05, 3.63) is 69.4 Å². The lowest BCUT2D eigenvalue weighted by Crippen LogP contribution is -2.61. The maximum atomic E-state index is 12.7. The largest absolute Gasteiger partial charge is 0.467 e. The smallest absolute Gasteiger partial charge is 0.330 e. The molecule has 2 aromatic carbocycles. The number of thiophene rings is 2. The zero-order valence-electron chi connectivity index (χ0n) is 31.8. The number of nitrogens with two attached hydrogens (primary N) is 2. The third-order valence-electron chi connectivity index (χ3n) is 9.45. The van der Waals surface area contributed by atoms with E-state index in [-0.39, 0.29) is 31.0 Å². The van der Waals surface area contributed by atoms with Crippen LogP contribution < -0.4 is 27.6 Å². The molecule has 4 aromatic rings. The van der Waals surface area contributed by atoms with Gasteiger partial charge in [0.25, 0.3) is 17.7 Å². The Bertz CT molecular complexity index is 2090. The molecule has 0 saturated heterocycles. The van der Waals surface area contributed by atoms with Crippen molar-refractivity contribution in [3.63, 3.8) is 0 Å². The first-order valence-electron chi connectivity index (χ1n) is 18.0. The van der Waals surface area contributed by atoms with Crippen LogP contribution in [0.4, 0.5) is 0 Å². The van der Waals surface area contributed by atoms with E-state index in [1.807, 2.05) is 36.4 Å². The number of ether oxygens (including phenoxy) is 1. The monoisotopic (exact) mass is 801 g/mol. The summed E-state index contributed by atoms with van der Waals surface area (Å²) in [4.78, 5) is 50.0. The van der Waals surface area contributed by atoms with Crippen molar-refractivity contribution in [1.82, 2.24) is 16.1 Å². The first kappa shape index (κ1) is 42.3. The lowest BCUT2D eigenvalue weighted by molar-refractivity contribution is -0.144. The van der Waals surface area contributed by atoms with E-state index in [4.69, 9.17) is 31.6 Å². The average molecular weight is 802 g/mol. The second kappa shape index (κ2) is 17.5. The topological polar surface area (TPSA) is 226 Å². The van der Waals surface area contributed by atoms with Gasteiger partial charge in [0.05, 0.1) is 16.9 Å². The highest BCUT2D eigenvalue weighted by molar-refractivity contribution is 7.21. The zero-order valence-corrected chi connectivity index (χ0v) is 33.4. The SMILES string of the molecule is CC(C)(N)[C@H](NC(=O)c1cc2ccc(C#CC3C[C@H]3CO)cc2s1)C(=O)NO.COC(=O)[C@@H](NC(=O)c1cc2ccc(C#CC3C[C@H]3CO)cc2s1)C(C)(C)N. The van der Waals surface area contributed by atoms with Crippen molar-refractivity contribution < 1.29 is 39.3 Å². The van der Waals surface area contributed by atoms with E-state index in [1.165, 1.54) is 35.3 Å². The van der Waals surface area contributed by atoms with Crippen molar-refractivity contribution in [2.45, 2.75) is 63.7 Å². The first-order valence-corrected chi connectivity index (χ1v) is 19.6. The molecule has 2 aliphatic rings. The number of nitrogens with one attached hydrogen (secondary N) is 3. The summed E-state index contributed by atoms with van der Waals surface area (Å²) in [5, 5.41) is 34.2. The van der Waals surface area contributed by atoms with E-state index < -0.39 is 40.9 Å². The van der Waals surface area contributed by atoms with Crippen molar-refractivity contribution >= 4 is 66.5 Å². The van der Waals surface area contributed by atoms with Crippen molar-refractivity contribution in [2.75, 3.05) is 20.3 Å². The van der Waals surface area contributed by atoms with Gasteiger partial charge in [-0.05, 0) is 99.5 Å². The van der Waals surface area contributed by atoms with Crippen LogP contribution in [0.5, 0.6) is 0 Å². The van der Waals surface area contributed by atoms with E-state index in [0.717, 1.165) is 44.1 Å². The molecule has 6 rings (SSSR count). The summed E-state index contributed by atoms with van der Waals surface area (Å²) in [6, 6.07) is 13.0. The molecule has 0 bridgehead atoms. The molecule has 0 aliphatic heterocycles. The van der Waals surface area contributed by atoms with Crippen LogP contribution in [-0.4, -0.2) is 82.6 Å². The quantitative estimate of drug-likeness (QED) is 0.0506. The van der Waals surface area contributed by atoms with Crippen LogP contribution in [0.3, 0.4) is 0 Å². The Balaban J connectivity index is 0.000000214. The number of hydroxylamine groups is 1. The number of esters is 1. The van der Waals surface area contributed by atoms with Gasteiger partial charge in [-0.25, -0.2) is 10.3 Å². The molecule has 2 aromatic heterocycles. The number of rotatable bonds is 10. The summed E-state index contributed by atoms with van der Waals surface area (Å²) in [6.45, 7) is 6.86. The molecule has 3 amide bonds. The van der Waals surface area contributed by atoms with Gasteiger partial charge in [-0.2, -0.15) is 0 Å². The van der Waals surface area contributed by atoms with Gasteiger partial charge in [-0.15, -0.1) is 22.7 Å². The molecule has 13 nitrogen and oxygen atoms in total. The van der Waals surface area contributed by atoms with Crippen molar-refractivity contribution in [1.29, 1.82) is 0 Å². The highest BCUT2D eigenvalue weighted by atomic mass is 32.1. The Morgan fingerprint density at radius 1 is 0.768 bits per heavy atom. The molecule has 2 unspecified atom stereocenters. The zero-order chi connectivity index (χ0) is 40.9. The summed E-state index contributed by atoms with van der Waals surface area (Å²) >= 11 is 2.63. The molecular weight excluding hydrogens is 755 g/mol. The van der Waals surface area contributed by atoms with Crippen molar-refractivity contribution in [3.8, 4) is 23.7 Å². The van der Waals surface area contributed by atoms with Crippen LogP contribution in [0.25, 0.3) is 20.2 Å². The Hall–Kier alpha value is -4.84. The fourth-order valence-electron chi connectivity index (χ4n) is 5.77. The Morgan fingerprint density at radius 3 is 1.55 bits per heavy atom. The lowest BCUT2D eigenvalue weighted by atomic mass is 9.95. The molecule has 2 fully saturated rings. The predicted molar refractivity (Wildman–Crippen MR) is 216 cm³/mol. The van der Waals surface area contributed by atoms with E-state index in [0.29, 0.717) is 21.6 Å². The van der Waals surface area contributed by atoms with Crippen LogP contribution in [0.2, 0.25) is 0 Å². The Labute approximate surface area is 333 Å². The number of benzene rings is 2. The molecule has 296 valence electrons. The van der Waals surface area contributed by atoms with Crippen LogP contribution in [0.1, 0.15) is 71.0 Å². The summed E-state index contributed by atoms with van der Waals surface area (Å²) in [5.74, 6) is 11.6. The summed E-state index contributed by atoms with van der Waals surface area (Å²) in [5.41, 5.74) is 13.2. The number of carbonyl (C=O) groups is 4. The number of aliphatic hydroxyl groups is 2. The van der Waals surface area contributed by atoms with Crippen LogP contribution >= 0.6 is 22.7 Å². The van der Waals surface area contributed by atoms with Gasteiger partial charge in [0.15, 0.2) is 0 Å². The van der Waals surface area contributed by atoms with Crippen LogP contribution in [0.15, 0.2) is 48.5 Å². The molecule has 2 aliphatic carbocycles. The van der Waals surface area contributed by atoms with E-state index in [2.05, 4.69) is 34.3 Å². The fraction of sp³-hybridized carbons (Fsp3) is 0.415. The maximum Gasteiger partial charge on any atom is 0.330 e. The first-order chi connectivity index (χ1) is 26.4. The third-order valence-corrected chi connectivity index (χ3v) is 11.6. The molecule has 0 radical (unpaired) electrons. The minimum absolute atomic E-state index is 0.177. The summed E-state index contributed by atoms with van der Waals surface area (Å²) < 4.78 is 6.60. The third kappa shape index (κ3) is 10.7. The van der Waals surface area contributed by atoms with Gasteiger partial charge in [-0.3, -0.25) is 19.6 Å². The predicted octanol–water partition coefficient (Wildman–Crippen LogP) is 3.11. The minimum Gasteiger partial charge on any atom is -0.467 e. The molecule has 2 heterocycles. The molecule has 0 spiro atoms. The Kier molecular flexibility index (Phi) is 13.2. The molecule has 2 saturated carbocycles. The molecule has 56 heavy (non-hydrogen) atoms. The highest BCUT2D eigenvalue weighted by Crippen LogP contribution is 2.38. The normalized spacial score (nSPS) is 19.5. The lowest BCUT2D eigenvalue weighted by Gasteiger charge is -2.29. The molecular formula is C41H47N5O8S2. The van der Waals surface area contributed by atoms with Crippen molar-refractivity contribution in [2.24, 2.45) is 35.1 Å². The fourth-order valence-corrected chi connectivity index (χ4v) is 7.78. The van der Waals surface area contributed by atoms with Gasteiger partial charge < -0.3 is 37.1 Å². The standard InChI is InChI=1S/C21H24N2O4S.C20H23N3O4S/c1-21(2,22)18(20(26)27-3)23-19(25)17-10-14-7-5-12(8-16(14)28-17)4-6-13-9-15(13)11-24;1-20(2,21)17(19(26)23-27)22-18(25)16-9-13-6-4-11(7-15(13)28-16)3-5-12-8-14(12)10-24/h5,7-8,10,13,15,18,24H,9,11,22H2,1-3H3,(H,23,25);4,6-7,9,12,14,17,24,27H,8,10,21H2,1-2H3,(H,22,25)(H,23,26)/t13?,15-,18+;12?,14-,17+/m00/s1. The number of amides is 3. The maximum absolute atomic E-state index is 12.7. The van der Waals surface area contributed by atoms with Gasteiger partial charge in [0, 0.05) is 56.7 Å². The highest BCUT2D eigenvalue weighted by Gasteiger charge is 2.37. The summed E-state index contributed by atoms with van der Waals surface area (Å²) in [7, 11) is 1.26. The molecule has 6 atom stereocenters. The van der Waals surface area contributed by atoms with Gasteiger partial charge in [-0.1, -0.05) is 35.8 Å². The van der Waals surface area contributed by atoms with Gasteiger partial charge >= 0.3 is 5.97 Å². The van der Waals surface area contributed by atoms with Crippen LogP contribution in [0, 0.1) is 47.4 Å². The number of aliphatic hydroxyl groups excluding tert-OH is 2. The van der Waals surface area contributed by atoms with Gasteiger partial charge in [0.2, 0.25) is 0 Å². The number of methoxy groups -OCH3 is 1. The second-order valence-corrected chi connectivity index (χ2v) is 17.5. The number of hydrogen-bond donors (Lipinski definition) is 8.